The van der Waals surface area contributed by atoms with Crippen LogP contribution in [0.25, 0.3) is 0 Å². The first kappa shape index (κ1) is 18.3. The largest absolute Gasteiger partial charge is 0.341 e. The van der Waals surface area contributed by atoms with Crippen LogP contribution in [-0.2, 0) is 9.59 Å². The molecule has 2 rings (SSSR count). The summed E-state index contributed by atoms with van der Waals surface area (Å²) < 4.78 is 0. The maximum Gasteiger partial charge on any atom is 0.233 e. The third-order valence-corrected chi connectivity index (χ3v) is 6.46. The molecular weight excluding hydrogens is 328 g/mol. The highest BCUT2D eigenvalue weighted by molar-refractivity contribution is 8.00. The highest BCUT2D eigenvalue weighted by Gasteiger charge is 2.34. The van der Waals surface area contributed by atoms with Crippen molar-refractivity contribution >= 4 is 34.9 Å². The van der Waals surface area contributed by atoms with Gasteiger partial charge in [0, 0.05) is 30.9 Å². The summed E-state index contributed by atoms with van der Waals surface area (Å²) in [7, 11) is 0. The van der Waals surface area contributed by atoms with Gasteiger partial charge < -0.3 is 9.80 Å². The lowest BCUT2D eigenvalue weighted by molar-refractivity contribution is -0.134. The van der Waals surface area contributed by atoms with Gasteiger partial charge in [-0.2, -0.15) is 0 Å². The maximum atomic E-state index is 12.3. The Morgan fingerprint density at radius 3 is 2.78 bits per heavy atom. The number of aryl methyl sites for hydroxylation is 1. The number of likely N-dealkylation sites (N-methyl/N-ethyl adjacent to an activating group) is 1. The third kappa shape index (κ3) is 4.51. The highest BCUT2D eigenvalue weighted by Crippen LogP contribution is 2.42. The molecule has 0 spiro atoms. The molecule has 1 fully saturated rings. The molecular formula is C17H26N2O2S2. The second kappa shape index (κ2) is 8.20. The number of hydrogen-bond donors (Lipinski definition) is 0. The van der Waals surface area contributed by atoms with E-state index in [4.69, 9.17) is 0 Å². The smallest absolute Gasteiger partial charge is 0.233 e. The molecule has 0 saturated carbocycles. The zero-order valence-corrected chi connectivity index (χ0v) is 16.0. The van der Waals surface area contributed by atoms with Crippen LogP contribution in [0.2, 0.25) is 0 Å². The topological polar surface area (TPSA) is 40.6 Å². The number of carbonyl (C=O) groups excluding carboxylic acids is 2. The Labute approximate surface area is 147 Å². The molecule has 0 bridgehead atoms. The number of carbonyl (C=O) groups is 2. The number of rotatable bonds is 7. The van der Waals surface area contributed by atoms with E-state index >= 15 is 0 Å². The fraction of sp³-hybridized carbons (Fsp3) is 0.647. The van der Waals surface area contributed by atoms with Crippen LogP contribution in [0, 0.1) is 12.8 Å². The molecule has 0 N–H and O–H groups in total. The van der Waals surface area contributed by atoms with Crippen molar-refractivity contribution in [1.82, 2.24) is 9.80 Å². The number of thioether (sulfide) groups is 1. The van der Waals surface area contributed by atoms with E-state index in [1.807, 2.05) is 16.7 Å². The van der Waals surface area contributed by atoms with Gasteiger partial charge >= 0.3 is 0 Å². The SMILES string of the molecule is CCN(CCN1C(=O)CS[C@@H]1c1sccc1C)C(=O)CC(C)C. The Balaban J connectivity index is 2.00. The summed E-state index contributed by atoms with van der Waals surface area (Å²) in [4.78, 5) is 29.6. The first-order valence-corrected chi connectivity index (χ1v) is 10.1. The van der Waals surface area contributed by atoms with Crippen LogP contribution >= 0.6 is 23.1 Å². The molecule has 0 radical (unpaired) electrons. The molecule has 1 aliphatic rings. The first-order chi connectivity index (χ1) is 10.9. The van der Waals surface area contributed by atoms with Gasteiger partial charge in [0.05, 0.1) is 5.75 Å². The van der Waals surface area contributed by atoms with Crippen molar-refractivity contribution in [3.8, 4) is 0 Å². The zero-order valence-electron chi connectivity index (χ0n) is 14.4. The lowest BCUT2D eigenvalue weighted by Gasteiger charge is -2.28. The van der Waals surface area contributed by atoms with E-state index in [1.54, 1.807) is 23.1 Å². The first-order valence-electron chi connectivity index (χ1n) is 8.16. The molecule has 0 unspecified atom stereocenters. The monoisotopic (exact) mass is 354 g/mol. The van der Waals surface area contributed by atoms with Gasteiger partial charge in [-0.15, -0.1) is 23.1 Å². The predicted octanol–water partition coefficient (Wildman–Crippen LogP) is 3.53. The van der Waals surface area contributed by atoms with E-state index in [-0.39, 0.29) is 17.2 Å². The van der Waals surface area contributed by atoms with Crippen molar-refractivity contribution in [2.75, 3.05) is 25.4 Å². The van der Waals surface area contributed by atoms with Gasteiger partial charge in [-0.25, -0.2) is 0 Å². The van der Waals surface area contributed by atoms with E-state index in [0.717, 1.165) is 0 Å². The van der Waals surface area contributed by atoms with Crippen LogP contribution in [0.3, 0.4) is 0 Å². The van der Waals surface area contributed by atoms with Crippen LogP contribution < -0.4 is 0 Å². The van der Waals surface area contributed by atoms with Gasteiger partial charge in [-0.3, -0.25) is 9.59 Å². The third-order valence-electron chi connectivity index (χ3n) is 4.02. The normalized spacial score (nSPS) is 18.0. The number of amides is 2. The average molecular weight is 355 g/mol. The van der Waals surface area contributed by atoms with E-state index in [0.29, 0.717) is 37.7 Å². The number of hydrogen-bond acceptors (Lipinski definition) is 4. The fourth-order valence-corrected chi connectivity index (χ4v) is 5.21. The van der Waals surface area contributed by atoms with Gasteiger partial charge in [-0.05, 0) is 36.8 Å². The van der Waals surface area contributed by atoms with Crippen LogP contribution in [0.15, 0.2) is 11.4 Å². The van der Waals surface area contributed by atoms with Gasteiger partial charge in [-0.1, -0.05) is 13.8 Å². The summed E-state index contributed by atoms with van der Waals surface area (Å²) in [6.07, 6.45) is 0.573. The molecule has 0 aliphatic carbocycles. The van der Waals surface area contributed by atoms with Crippen LogP contribution in [-0.4, -0.2) is 47.0 Å². The summed E-state index contributed by atoms with van der Waals surface area (Å²) >= 11 is 3.40. The average Bonchev–Trinajstić information content (AvgIpc) is 3.05. The summed E-state index contributed by atoms with van der Waals surface area (Å²) in [5.41, 5.74) is 1.25. The molecule has 2 heterocycles. The van der Waals surface area contributed by atoms with Gasteiger partial charge in [0.15, 0.2) is 0 Å². The minimum Gasteiger partial charge on any atom is -0.341 e. The minimum atomic E-state index is 0.112. The summed E-state index contributed by atoms with van der Waals surface area (Å²) in [6.45, 7) is 10.1. The maximum absolute atomic E-state index is 12.3. The molecule has 1 atom stereocenters. The van der Waals surface area contributed by atoms with Crippen LogP contribution in [0.5, 0.6) is 0 Å². The Hall–Kier alpha value is -1.01. The molecule has 0 aromatic carbocycles. The van der Waals surface area contributed by atoms with E-state index in [2.05, 4.69) is 32.2 Å². The minimum absolute atomic E-state index is 0.112. The number of nitrogens with zero attached hydrogens (tertiary/aromatic N) is 2. The fourth-order valence-electron chi connectivity index (χ4n) is 2.72. The van der Waals surface area contributed by atoms with Gasteiger partial charge in [0.2, 0.25) is 11.8 Å². The molecule has 4 nitrogen and oxygen atoms in total. The van der Waals surface area contributed by atoms with E-state index in [1.165, 1.54) is 10.4 Å². The molecule has 2 amide bonds. The summed E-state index contributed by atoms with van der Waals surface area (Å²) in [5.74, 6) is 1.27. The molecule has 128 valence electrons. The Morgan fingerprint density at radius 1 is 1.48 bits per heavy atom. The van der Waals surface area contributed by atoms with Crippen molar-refractivity contribution in [3.05, 3.63) is 21.9 Å². The van der Waals surface area contributed by atoms with Gasteiger partial charge in [0.25, 0.3) is 0 Å². The lowest BCUT2D eigenvalue weighted by atomic mass is 10.1. The van der Waals surface area contributed by atoms with E-state index in [9.17, 15) is 9.59 Å². The number of thiophene rings is 1. The second-order valence-electron chi connectivity index (χ2n) is 6.29. The summed E-state index contributed by atoms with van der Waals surface area (Å²) in [5, 5.41) is 2.19. The van der Waals surface area contributed by atoms with Gasteiger partial charge in [0.1, 0.15) is 5.37 Å². The summed E-state index contributed by atoms with van der Waals surface area (Å²) in [6, 6.07) is 2.10. The Bertz CT molecular complexity index is 557. The molecule has 1 aliphatic heterocycles. The highest BCUT2D eigenvalue weighted by atomic mass is 32.2. The molecule has 1 aromatic rings. The quantitative estimate of drug-likeness (QED) is 0.752. The van der Waals surface area contributed by atoms with Crippen LogP contribution in [0.4, 0.5) is 0 Å². The Morgan fingerprint density at radius 2 is 2.22 bits per heavy atom. The van der Waals surface area contributed by atoms with E-state index < -0.39 is 0 Å². The predicted molar refractivity (Wildman–Crippen MR) is 97.7 cm³/mol. The zero-order chi connectivity index (χ0) is 17.0. The lowest BCUT2D eigenvalue weighted by Crippen LogP contribution is -2.40. The molecule has 23 heavy (non-hydrogen) atoms. The van der Waals surface area contributed by atoms with Crippen molar-refractivity contribution in [3.63, 3.8) is 0 Å². The Kier molecular flexibility index (Phi) is 6.53. The van der Waals surface area contributed by atoms with Crippen LogP contribution in [0.1, 0.15) is 43.0 Å². The molecule has 6 heteroatoms. The second-order valence-corrected chi connectivity index (χ2v) is 8.31. The molecule has 1 saturated heterocycles. The standard InChI is InChI=1S/C17H26N2O2S2/c1-5-18(14(20)10-12(2)3)7-8-19-15(21)11-23-17(19)16-13(4)6-9-22-16/h6,9,12,17H,5,7-8,10-11H2,1-4H3/t17-/m1/s1. The van der Waals surface area contributed by atoms with Crippen molar-refractivity contribution in [1.29, 1.82) is 0 Å². The van der Waals surface area contributed by atoms with Crippen molar-refractivity contribution in [2.24, 2.45) is 5.92 Å². The van der Waals surface area contributed by atoms with Crippen molar-refractivity contribution < 1.29 is 9.59 Å². The van der Waals surface area contributed by atoms with Crippen molar-refractivity contribution in [2.45, 2.75) is 39.5 Å². The molecule has 1 aromatic heterocycles.